The maximum atomic E-state index is 13.8. The average molecular weight is 393 g/mol. The number of hydrogen-bond donors (Lipinski definition) is 0. The van der Waals surface area contributed by atoms with Crippen LogP contribution in [0.3, 0.4) is 0 Å². The van der Waals surface area contributed by atoms with E-state index in [0.717, 1.165) is 12.8 Å². The van der Waals surface area contributed by atoms with Crippen LogP contribution in [-0.4, -0.2) is 0 Å². The number of aryl methyl sites for hydroxylation is 3. The molecule has 0 aliphatic heterocycles. The van der Waals surface area contributed by atoms with Gasteiger partial charge in [0.1, 0.15) is 0 Å². The third-order valence-corrected chi connectivity index (χ3v) is 3.98. The molecule has 0 unspecified atom stereocenters. The molecule has 0 amide bonds. The Morgan fingerprint density at radius 1 is 0.792 bits per heavy atom. The molecule has 3 aromatic rings. The molecule has 0 atom stereocenters. The zero-order valence-electron chi connectivity index (χ0n) is 13.9. The van der Waals surface area contributed by atoms with Gasteiger partial charge in [-0.05, 0) is 36.5 Å². The maximum absolute atomic E-state index is 13.8. The van der Waals surface area contributed by atoms with Gasteiger partial charge < -0.3 is 0 Å². The quantitative estimate of drug-likeness (QED) is 0.599. The molecule has 0 heterocycles. The van der Waals surface area contributed by atoms with Gasteiger partial charge in [-0.15, -0.1) is 6.07 Å². The first-order valence-corrected chi connectivity index (χ1v) is 7.64. The molecule has 0 radical (unpaired) electrons. The largest absolute Gasteiger partial charge is 1.00 e. The van der Waals surface area contributed by atoms with Gasteiger partial charge in [-0.3, -0.25) is 4.39 Å². The van der Waals surface area contributed by atoms with Gasteiger partial charge in [0.15, 0.2) is 0 Å². The van der Waals surface area contributed by atoms with Crippen LogP contribution in [0.1, 0.15) is 16.7 Å². The first-order valence-electron chi connectivity index (χ1n) is 7.64. The minimum absolute atomic E-state index is 0. The molecule has 0 saturated carbocycles. The summed E-state index contributed by atoms with van der Waals surface area (Å²) in [7, 11) is 0. The minimum Gasteiger partial charge on any atom is -0.281 e. The summed E-state index contributed by atoms with van der Waals surface area (Å²) < 4.78 is 27.0. The summed E-state index contributed by atoms with van der Waals surface area (Å²) in [5.74, 6) is -1.79. The maximum Gasteiger partial charge on any atom is 1.00 e. The van der Waals surface area contributed by atoms with Crippen molar-refractivity contribution in [3.63, 3.8) is 0 Å². The fourth-order valence-corrected chi connectivity index (χ4v) is 2.57. The van der Waals surface area contributed by atoms with Crippen molar-refractivity contribution in [3.05, 3.63) is 95.1 Å². The van der Waals surface area contributed by atoms with Crippen LogP contribution in [0, 0.1) is 24.6 Å². The minimum atomic E-state index is -0.939. The zero-order valence-corrected chi connectivity index (χ0v) is 18.9. The molecule has 3 rings (SSSR count). The van der Waals surface area contributed by atoms with E-state index in [1.165, 1.54) is 22.8 Å². The van der Waals surface area contributed by atoms with Crippen LogP contribution in [-0.2, 0) is 12.8 Å². The molecule has 116 valence electrons. The molecule has 0 aliphatic carbocycles. The second-order valence-electron chi connectivity index (χ2n) is 5.70. The Bertz CT molecular complexity index is 793. The SMILES string of the molecule is Cc1ccc(CCc2ccc(-c3cc[c-]c(F)c3F)cc2)cc1.[Rb+]. The van der Waals surface area contributed by atoms with Crippen LogP contribution in [0.4, 0.5) is 8.78 Å². The van der Waals surface area contributed by atoms with Crippen LogP contribution in [0.15, 0.2) is 60.7 Å². The molecule has 0 nitrogen and oxygen atoms in total. The molecule has 0 spiro atoms. The number of benzene rings is 3. The van der Waals surface area contributed by atoms with Crippen molar-refractivity contribution < 1.29 is 67.0 Å². The molecule has 0 aromatic heterocycles. The van der Waals surface area contributed by atoms with E-state index < -0.39 is 11.6 Å². The van der Waals surface area contributed by atoms with E-state index in [1.54, 1.807) is 6.07 Å². The first-order chi connectivity index (χ1) is 11.1. The standard InChI is InChI=1S/C21H17F2.Rb/c1-15-5-7-16(8-6-15)9-10-17-11-13-18(14-12-17)19-3-2-4-20(22)21(19)23;/h2-3,5-8,11-14H,9-10H2,1H3;/q-1;+1. The van der Waals surface area contributed by atoms with E-state index in [-0.39, 0.29) is 63.8 Å². The Hall–Kier alpha value is -0.675. The number of hydrogen-bond acceptors (Lipinski definition) is 0. The Morgan fingerprint density at radius 2 is 1.33 bits per heavy atom. The van der Waals surface area contributed by atoms with Crippen LogP contribution in [0.25, 0.3) is 11.1 Å². The molecule has 0 aliphatic rings. The topological polar surface area (TPSA) is 0 Å². The van der Waals surface area contributed by atoms with E-state index in [4.69, 9.17) is 0 Å². The summed E-state index contributed by atoms with van der Waals surface area (Å²) in [6.07, 6.45) is 1.88. The first kappa shape index (κ1) is 19.6. The fraction of sp³-hybridized carbons (Fsp3) is 0.143. The summed E-state index contributed by atoms with van der Waals surface area (Å²) in [5.41, 5.74) is 4.68. The van der Waals surface area contributed by atoms with Crippen LogP contribution in [0.5, 0.6) is 0 Å². The van der Waals surface area contributed by atoms with E-state index in [1.807, 2.05) is 24.3 Å². The predicted octanol–water partition coefficient (Wildman–Crippen LogP) is 2.53. The summed E-state index contributed by atoms with van der Waals surface area (Å²) in [6.45, 7) is 2.08. The zero-order chi connectivity index (χ0) is 16.2. The summed E-state index contributed by atoms with van der Waals surface area (Å²) in [6, 6.07) is 21.3. The van der Waals surface area contributed by atoms with Crippen molar-refractivity contribution in [1.82, 2.24) is 0 Å². The van der Waals surface area contributed by atoms with Crippen molar-refractivity contribution >= 4 is 0 Å². The van der Waals surface area contributed by atoms with Gasteiger partial charge in [0, 0.05) is 5.82 Å². The molecule has 0 N–H and O–H groups in total. The van der Waals surface area contributed by atoms with Crippen molar-refractivity contribution in [2.75, 3.05) is 0 Å². The third kappa shape index (κ3) is 4.92. The Balaban J connectivity index is 0.00000208. The molecule has 0 fully saturated rings. The third-order valence-electron chi connectivity index (χ3n) is 3.98. The summed E-state index contributed by atoms with van der Waals surface area (Å²) >= 11 is 0. The second-order valence-corrected chi connectivity index (χ2v) is 5.70. The number of rotatable bonds is 4. The van der Waals surface area contributed by atoms with Gasteiger partial charge in [-0.2, -0.15) is 12.1 Å². The van der Waals surface area contributed by atoms with Gasteiger partial charge in [0.2, 0.25) is 0 Å². The monoisotopic (exact) mass is 392 g/mol. The fourth-order valence-electron chi connectivity index (χ4n) is 2.57. The summed E-state index contributed by atoms with van der Waals surface area (Å²) in [5, 5.41) is 0. The van der Waals surface area contributed by atoms with Crippen LogP contribution in [0.2, 0.25) is 0 Å². The Labute approximate surface area is 190 Å². The van der Waals surface area contributed by atoms with E-state index in [0.29, 0.717) is 5.56 Å². The average Bonchev–Trinajstić information content (AvgIpc) is 2.57. The summed E-state index contributed by atoms with van der Waals surface area (Å²) in [4.78, 5) is 0. The van der Waals surface area contributed by atoms with Crippen molar-refractivity contribution in [1.29, 1.82) is 0 Å². The van der Waals surface area contributed by atoms with Gasteiger partial charge in [0.25, 0.3) is 0 Å². The molecular weight excluding hydrogens is 376 g/mol. The van der Waals surface area contributed by atoms with Gasteiger partial charge in [-0.1, -0.05) is 59.7 Å². The van der Waals surface area contributed by atoms with Gasteiger partial charge in [-0.25, -0.2) is 4.39 Å². The van der Waals surface area contributed by atoms with Gasteiger partial charge >= 0.3 is 58.2 Å². The normalized spacial score (nSPS) is 10.3. The molecule has 24 heavy (non-hydrogen) atoms. The Morgan fingerprint density at radius 3 is 1.92 bits per heavy atom. The smallest absolute Gasteiger partial charge is 0.281 e. The van der Waals surface area contributed by atoms with E-state index >= 15 is 0 Å². The van der Waals surface area contributed by atoms with Crippen LogP contribution >= 0.6 is 0 Å². The van der Waals surface area contributed by atoms with Crippen molar-refractivity contribution in [3.8, 4) is 11.1 Å². The molecule has 0 saturated heterocycles. The molecule has 3 heteroatoms. The van der Waals surface area contributed by atoms with Crippen LogP contribution < -0.4 is 58.2 Å². The molecule has 3 aromatic carbocycles. The van der Waals surface area contributed by atoms with E-state index in [9.17, 15) is 8.78 Å². The van der Waals surface area contributed by atoms with Crippen molar-refractivity contribution in [2.45, 2.75) is 19.8 Å². The molecule has 0 bridgehead atoms. The predicted molar refractivity (Wildman–Crippen MR) is 89.2 cm³/mol. The number of halogens is 2. The van der Waals surface area contributed by atoms with E-state index in [2.05, 4.69) is 37.3 Å². The van der Waals surface area contributed by atoms with Gasteiger partial charge in [0.05, 0.1) is 5.82 Å². The Kier molecular flexibility index (Phi) is 7.48. The molecular formula is C21H17F2Rb. The van der Waals surface area contributed by atoms with Crippen molar-refractivity contribution in [2.24, 2.45) is 0 Å². The second kappa shape index (κ2) is 9.14.